The molecule has 0 unspecified atom stereocenters. The third-order valence-electron chi connectivity index (χ3n) is 2.97. The number of rotatable bonds is 3. The minimum absolute atomic E-state index is 0.184. The Morgan fingerprint density at radius 2 is 2.40 bits per heavy atom. The molecular formula is C12H14O3. The lowest BCUT2D eigenvalue weighted by molar-refractivity contribution is -0.137. The van der Waals surface area contributed by atoms with Gasteiger partial charge in [-0.15, -0.1) is 0 Å². The first-order chi connectivity index (χ1) is 7.20. The van der Waals surface area contributed by atoms with Gasteiger partial charge in [0.1, 0.15) is 5.75 Å². The maximum atomic E-state index is 10.7. The van der Waals surface area contributed by atoms with Crippen molar-refractivity contribution in [2.24, 2.45) is 0 Å². The molecule has 0 aromatic heterocycles. The van der Waals surface area contributed by atoms with Crippen LogP contribution < -0.4 is 4.74 Å². The van der Waals surface area contributed by atoms with Crippen molar-refractivity contribution >= 4 is 5.97 Å². The molecule has 1 aromatic carbocycles. The molecule has 1 N–H and O–H groups in total. The third-order valence-corrected chi connectivity index (χ3v) is 2.97. The van der Waals surface area contributed by atoms with Gasteiger partial charge in [0.25, 0.3) is 0 Å². The van der Waals surface area contributed by atoms with Gasteiger partial charge in [-0.3, -0.25) is 4.79 Å². The highest BCUT2D eigenvalue weighted by Gasteiger charge is 2.24. The number of aryl methyl sites for hydroxylation is 1. The lowest BCUT2D eigenvalue weighted by Crippen LogP contribution is -2.02. The first kappa shape index (κ1) is 10.0. The zero-order valence-electron chi connectivity index (χ0n) is 8.69. The highest BCUT2D eigenvalue weighted by molar-refractivity contribution is 5.68. The molecule has 1 aliphatic carbocycles. The van der Waals surface area contributed by atoms with Gasteiger partial charge in [0.05, 0.1) is 13.5 Å². The van der Waals surface area contributed by atoms with Crippen LogP contribution in [0.2, 0.25) is 0 Å². The van der Waals surface area contributed by atoms with Crippen molar-refractivity contribution in [3.63, 3.8) is 0 Å². The quantitative estimate of drug-likeness (QED) is 0.824. The van der Waals surface area contributed by atoms with E-state index in [2.05, 4.69) is 0 Å². The predicted molar refractivity (Wildman–Crippen MR) is 56.3 cm³/mol. The second-order valence-corrected chi connectivity index (χ2v) is 3.90. The number of carboxylic acids is 1. The second-order valence-electron chi connectivity index (χ2n) is 3.90. The lowest BCUT2D eigenvalue weighted by atomic mass is 9.98. The van der Waals surface area contributed by atoms with Gasteiger partial charge in [-0.25, -0.2) is 0 Å². The van der Waals surface area contributed by atoms with Gasteiger partial charge >= 0.3 is 5.97 Å². The van der Waals surface area contributed by atoms with Crippen LogP contribution in [-0.2, 0) is 11.2 Å². The highest BCUT2D eigenvalue weighted by atomic mass is 16.5. The zero-order valence-corrected chi connectivity index (χ0v) is 8.69. The molecular weight excluding hydrogens is 192 g/mol. The number of hydrogen-bond acceptors (Lipinski definition) is 2. The first-order valence-corrected chi connectivity index (χ1v) is 5.09. The van der Waals surface area contributed by atoms with E-state index < -0.39 is 5.97 Å². The van der Waals surface area contributed by atoms with Crippen LogP contribution in [-0.4, -0.2) is 18.2 Å². The summed E-state index contributed by atoms with van der Waals surface area (Å²) in [6, 6.07) is 5.91. The molecule has 1 aromatic rings. The Hall–Kier alpha value is -1.51. The molecule has 3 heteroatoms. The predicted octanol–water partition coefficient (Wildman–Crippen LogP) is 2.20. The molecule has 1 atom stereocenters. The minimum atomic E-state index is -0.719. The van der Waals surface area contributed by atoms with Crippen molar-refractivity contribution < 1.29 is 14.6 Å². The summed E-state index contributed by atoms with van der Waals surface area (Å²) >= 11 is 0. The van der Waals surface area contributed by atoms with Crippen LogP contribution in [0, 0.1) is 0 Å². The van der Waals surface area contributed by atoms with Gasteiger partial charge in [-0.05, 0) is 42.0 Å². The number of fused-ring (bicyclic) bond motifs is 1. The smallest absolute Gasteiger partial charge is 0.303 e. The Morgan fingerprint density at radius 1 is 1.60 bits per heavy atom. The average molecular weight is 206 g/mol. The maximum Gasteiger partial charge on any atom is 0.303 e. The molecule has 0 spiro atoms. The average Bonchev–Trinajstić information content (AvgIpc) is 2.60. The Morgan fingerprint density at radius 3 is 3.07 bits per heavy atom. The third kappa shape index (κ3) is 1.96. The topological polar surface area (TPSA) is 46.5 Å². The van der Waals surface area contributed by atoms with E-state index in [-0.39, 0.29) is 12.3 Å². The number of aliphatic carboxylic acids is 1. The van der Waals surface area contributed by atoms with E-state index in [4.69, 9.17) is 9.84 Å². The van der Waals surface area contributed by atoms with Gasteiger partial charge in [0, 0.05) is 0 Å². The van der Waals surface area contributed by atoms with E-state index in [0.717, 1.165) is 18.6 Å². The van der Waals surface area contributed by atoms with Crippen LogP contribution in [0.5, 0.6) is 5.75 Å². The molecule has 0 fully saturated rings. The minimum Gasteiger partial charge on any atom is -0.497 e. The SMILES string of the molecule is COc1ccc2c(c1)CC[C@H]2CC(=O)O. The van der Waals surface area contributed by atoms with E-state index in [1.54, 1.807) is 7.11 Å². The molecule has 0 amide bonds. The molecule has 0 aliphatic heterocycles. The van der Waals surface area contributed by atoms with Gasteiger partial charge in [0.2, 0.25) is 0 Å². The van der Waals surface area contributed by atoms with E-state index in [9.17, 15) is 4.79 Å². The molecule has 0 heterocycles. The number of carboxylic acid groups (broad SMARTS) is 1. The van der Waals surface area contributed by atoms with Gasteiger partial charge < -0.3 is 9.84 Å². The summed E-state index contributed by atoms with van der Waals surface area (Å²) in [6.45, 7) is 0. The lowest BCUT2D eigenvalue weighted by Gasteiger charge is -2.09. The monoisotopic (exact) mass is 206 g/mol. The summed E-state index contributed by atoms with van der Waals surface area (Å²) in [5.74, 6) is 0.316. The molecule has 0 saturated heterocycles. The van der Waals surface area contributed by atoms with E-state index in [1.165, 1.54) is 11.1 Å². The number of hydrogen-bond donors (Lipinski definition) is 1. The molecule has 15 heavy (non-hydrogen) atoms. The summed E-state index contributed by atoms with van der Waals surface area (Å²) in [4.78, 5) is 10.7. The second kappa shape index (κ2) is 3.93. The van der Waals surface area contributed by atoms with Crippen molar-refractivity contribution in [3.05, 3.63) is 29.3 Å². The van der Waals surface area contributed by atoms with Gasteiger partial charge in [0.15, 0.2) is 0 Å². The zero-order chi connectivity index (χ0) is 10.8. The molecule has 1 aliphatic rings. The summed E-state index contributed by atoms with van der Waals surface area (Å²) < 4.78 is 5.14. The van der Waals surface area contributed by atoms with Crippen molar-refractivity contribution in [3.8, 4) is 5.75 Å². The molecule has 0 saturated carbocycles. The fraction of sp³-hybridized carbons (Fsp3) is 0.417. The van der Waals surface area contributed by atoms with E-state index in [1.807, 2.05) is 18.2 Å². The van der Waals surface area contributed by atoms with Crippen molar-refractivity contribution in [2.75, 3.05) is 7.11 Å². The normalized spacial score (nSPS) is 18.6. The molecule has 3 nitrogen and oxygen atoms in total. The van der Waals surface area contributed by atoms with Gasteiger partial charge in [-0.1, -0.05) is 6.07 Å². The number of methoxy groups -OCH3 is 1. The van der Waals surface area contributed by atoms with Crippen LogP contribution in [0.25, 0.3) is 0 Å². The van der Waals surface area contributed by atoms with Crippen LogP contribution in [0.4, 0.5) is 0 Å². The fourth-order valence-electron chi connectivity index (χ4n) is 2.23. The molecule has 0 bridgehead atoms. The summed E-state index contributed by atoms with van der Waals surface area (Å²) in [6.07, 6.45) is 2.14. The standard InChI is InChI=1S/C12H14O3/c1-15-10-4-5-11-8(6-10)2-3-9(11)7-12(13)14/h4-6,9H,2-3,7H2,1H3,(H,13,14)/t9-/m0/s1. The largest absolute Gasteiger partial charge is 0.497 e. The van der Waals surface area contributed by atoms with Crippen LogP contribution in [0.15, 0.2) is 18.2 Å². The maximum absolute atomic E-state index is 10.7. The highest BCUT2D eigenvalue weighted by Crippen LogP contribution is 2.37. The Balaban J connectivity index is 2.24. The Bertz CT molecular complexity index is 384. The van der Waals surface area contributed by atoms with Crippen LogP contribution in [0.1, 0.15) is 29.9 Å². The summed E-state index contributed by atoms with van der Waals surface area (Å²) in [5, 5.41) is 8.78. The van der Waals surface area contributed by atoms with E-state index >= 15 is 0 Å². The van der Waals surface area contributed by atoms with Crippen LogP contribution in [0.3, 0.4) is 0 Å². The van der Waals surface area contributed by atoms with E-state index in [0.29, 0.717) is 0 Å². The molecule has 80 valence electrons. The Kier molecular flexibility index (Phi) is 2.62. The summed E-state index contributed by atoms with van der Waals surface area (Å²) in [5.41, 5.74) is 2.42. The van der Waals surface area contributed by atoms with Crippen LogP contribution >= 0.6 is 0 Å². The Labute approximate surface area is 88.7 Å². The summed E-state index contributed by atoms with van der Waals surface area (Å²) in [7, 11) is 1.64. The van der Waals surface area contributed by atoms with Crippen molar-refractivity contribution in [1.29, 1.82) is 0 Å². The molecule has 2 rings (SSSR count). The first-order valence-electron chi connectivity index (χ1n) is 5.09. The van der Waals surface area contributed by atoms with Gasteiger partial charge in [-0.2, -0.15) is 0 Å². The molecule has 0 radical (unpaired) electrons. The number of benzene rings is 1. The fourth-order valence-corrected chi connectivity index (χ4v) is 2.23. The van der Waals surface area contributed by atoms with Crippen molar-refractivity contribution in [1.82, 2.24) is 0 Å². The number of carbonyl (C=O) groups is 1. The number of ether oxygens (including phenoxy) is 1. The van der Waals surface area contributed by atoms with Crippen molar-refractivity contribution in [2.45, 2.75) is 25.2 Å².